The second-order valence-corrected chi connectivity index (χ2v) is 5.51. The van der Waals surface area contributed by atoms with Gasteiger partial charge in [0.15, 0.2) is 4.98 Å². The highest BCUT2D eigenvalue weighted by Crippen LogP contribution is 2.15. The van der Waals surface area contributed by atoms with Crippen LogP contribution in [0.4, 0.5) is 11.4 Å². The Kier molecular flexibility index (Phi) is 7.70. The maximum Gasteiger partial charge on any atom is 0.394 e. The molecular formula is C15H18N3O4S+. The first-order valence-corrected chi connectivity index (χ1v) is 8.21. The predicted octanol–water partition coefficient (Wildman–Crippen LogP) is 3.56. The fourth-order valence-electron chi connectivity index (χ4n) is 1.82. The molecule has 0 saturated carbocycles. The zero-order valence-electron chi connectivity index (χ0n) is 12.3. The molecule has 122 valence electrons. The third-order valence-electron chi connectivity index (χ3n) is 2.80. The second kappa shape index (κ2) is 9.53. The molecule has 0 aromatic heterocycles. The van der Waals surface area contributed by atoms with Gasteiger partial charge in [0, 0.05) is 24.4 Å². The summed E-state index contributed by atoms with van der Waals surface area (Å²) in [5.41, 5.74) is 2.99. The van der Waals surface area contributed by atoms with E-state index in [0.29, 0.717) is 5.69 Å². The third-order valence-corrected chi connectivity index (χ3v) is 2.80. The Morgan fingerprint density at radius 1 is 1.00 bits per heavy atom. The molecule has 2 aromatic carbocycles. The molecule has 0 aliphatic carbocycles. The van der Waals surface area contributed by atoms with E-state index in [9.17, 15) is 0 Å². The molecule has 0 saturated heterocycles. The molecule has 2 rings (SSSR count). The number of nitrogens with zero attached hydrogens (tertiary/aromatic N) is 2. The second-order valence-electron chi connectivity index (χ2n) is 4.61. The number of hydrogen-bond donors (Lipinski definition) is 3. The van der Waals surface area contributed by atoms with Gasteiger partial charge in [0.1, 0.15) is 0 Å². The minimum Gasteiger partial charge on any atom is -0.385 e. The standard InChI is InChI=1S/C15H16N3.H2O4S/c16-18-15-10-8-14(9-11-15)17-12-4-7-13-5-2-1-3-6-13;1-5(2,3)4/h1-3,5-6,8-11,17H,4,7,12H2;(H2,1,2,3,4)/q+1;. The van der Waals surface area contributed by atoms with E-state index in [2.05, 4.69) is 34.6 Å². The van der Waals surface area contributed by atoms with Crippen LogP contribution in [0.25, 0.3) is 4.98 Å². The summed E-state index contributed by atoms with van der Waals surface area (Å²) in [5.74, 6) is 0. The van der Waals surface area contributed by atoms with E-state index in [1.54, 1.807) is 12.1 Å². The Labute approximate surface area is 135 Å². The molecule has 0 bridgehead atoms. The summed E-state index contributed by atoms with van der Waals surface area (Å²) in [6, 6.07) is 17.9. The van der Waals surface area contributed by atoms with Crippen molar-refractivity contribution in [2.75, 3.05) is 11.9 Å². The van der Waals surface area contributed by atoms with Crippen molar-refractivity contribution in [1.82, 2.24) is 0 Å². The van der Waals surface area contributed by atoms with Gasteiger partial charge in [-0.2, -0.15) is 8.42 Å². The van der Waals surface area contributed by atoms with Crippen LogP contribution in [0, 0.1) is 5.39 Å². The Morgan fingerprint density at radius 3 is 2.09 bits per heavy atom. The lowest BCUT2D eigenvalue weighted by atomic mass is 10.1. The first kappa shape index (κ1) is 18.6. The highest BCUT2D eigenvalue weighted by Gasteiger charge is 2.01. The van der Waals surface area contributed by atoms with Crippen molar-refractivity contribution in [3.63, 3.8) is 0 Å². The third kappa shape index (κ3) is 9.97. The van der Waals surface area contributed by atoms with Crippen molar-refractivity contribution in [3.8, 4) is 0 Å². The van der Waals surface area contributed by atoms with Gasteiger partial charge in [-0.1, -0.05) is 30.3 Å². The summed E-state index contributed by atoms with van der Waals surface area (Å²) >= 11 is 0. The van der Waals surface area contributed by atoms with Crippen molar-refractivity contribution in [2.45, 2.75) is 12.8 Å². The summed E-state index contributed by atoms with van der Waals surface area (Å²) in [6.45, 7) is 0.935. The molecule has 0 radical (unpaired) electrons. The number of aryl methyl sites for hydroxylation is 1. The molecule has 0 heterocycles. The zero-order valence-corrected chi connectivity index (χ0v) is 13.1. The van der Waals surface area contributed by atoms with Crippen LogP contribution in [0.15, 0.2) is 54.6 Å². The fourth-order valence-corrected chi connectivity index (χ4v) is 1.82. The first-order valence-electron chi connectivity index (χ1n) is 6.81. The maximum atomic E-state index is 8.74. The number of rotatable bonds is 5. The van der Waals surface area contributed by atoms with Crippen LogP contribution in [-0.2, 0) is 16.8 Å². The molecule has 2 aromatic rings. The van der Waals surface area contributed by atoms with E-state index in [1.807, 2.05) is 18.2 Å². The quantitative estimate of drug-likeness (QED) is 0.437. The van der Waals surface area contributed by atoms with E-state index in [4.69, 9.17) is 22.9 Å². The van der Waals surface area contributed by atoms with Crippen LogP contribution in [0.2, 0.25) is 0 Å². The van der Waals surface area contributed by atoms with Gasteiger partial charge in [-0.05, 0) is 30.5 Å². The highest BCUT2D eigenvalue weighted by atomic mass is 32.3. The SMILES string of the molecule is N#[N+]c1ccc(NCCCc2ccccc2)cc1.O=S(=O)(O)O. The summed E-state index contributed by atoms with van der Waals surface area (Å²) in [4.78, 5) is 3.12. The van der Waals surface area contributed by atoms with Gasteiger partial charge in [-0.15, -0.1) is 0 Å². The van der Waals surface area contributed by atoms with Gasteiger partial charge in [0.2, 0.25) is 5.39 Å². The number of hydrogen-bond acceptors (Lipinski definition) is 4. The van der Waals surface area contributed by atoms with Crippen LogP contribution >= 0.6 is 0 Å². The molecule has 23 heavy (non-hydrogen) atoms. The molecule has 8 heteroatoms. The van der Waals surface area contributed by atoms with Gasteiger partial charge in [0.05, 0.1) is 0 Å². The number of diazo groups is 1. The Hall–Kier alpha value is -2.47. The molecule has 0 unspecified atom stereocenters. The van der Waals surface area contributed by atoms with E-state index >= 15 is 0 Å². The predicted molar refractivity (Wildman–Crippen MR) is 88.6 cm³/mol. The maximum absolute atomic E-state index is 8.74. The Bertz CT molecular complexity index is 718. The molecule has 0 aliphatic rings. The highest BCUT2D eigenvalue weighted by molar-refractivity contribution is 7.79. The van der Waals surface area contributed by atoms with Crippen molar-refractivity contribution < 1.29 is 17.5 Å². The van der Waals surface area contributed by atoms with Crippen LogP contribution < -0.4 is 5.32 Å². The van der Waals surface area contributed by atoms with Crippen LogP contribution in [-0.4, -0.2) is 24.1 Å². The van der Waals surface area contributed by atoms with Gasteiger partial charge in [-0.25, -0.2) is 0 Å². The molecule has 3 N–H and O–H groups in total. The number of anilines is 1. The lowest BCUT2D eigenvalue weighted by Crippen LogP contribution is -2.02. The van der Waals surface area contributed by atoms with Gasteiger partial charge >= 0.3 is 16.1 Å². The monoisotopic (exact) mass is 336 g/mol. The summed E-state index contributed by atoms with van der Waals surface area (Å²) in [6.07, 6.45) is 2.17. The molecular weight excluding hydrogens is 318 g/mol. The van der Waals surface area contributed by atoms with E-state index in [0.717, 1.165) is 25.1 Å². The fraction of sp³-hybridized carbons (Fsp3) is 0.200. The van der Waals surface area contributed by atoms with E-state index in [-0.39, 0.29) is 0 Å². The molecule has 0 aliphatic heterocycles. The molecule has 0 atom stereocenters. The summed E-state index contributed by atoms with van der Waals surface area (Å²) < 4.78 is 31.6. The van der Waals surface area contributed by atoms with Crippen LogP contribution in [0.5, 0.6) is 0 Å². The van der Waals surface area contributed by atoms with Crippen molar-refractivity contribution in [1.29, 1.82) is 5.39 Å². The van der Waals surface area contributed by atoms with Crippen molar-refractivity contribution in [2.24, 2.45) is 0 Å². The van der Waals surface area contributed by atoms with Crippen molar-refractivity contribution >= 4 is 21.8 Å². The van der Waals surface area contributed by atoms with Gasteiger partial charge < -0.3 is 5.32 Å². The summed E-state index contributed by atoms with van der Waals surface area (Å²) in [5, 5.41) is 11.9. The zero-order chi connectivity index (χ0) is 17.1. The molecule has 0 fully saturated rings. The summed E-state index contributed by atoms with van der Waals surface area (Å²) in [7, 11) is -4.67. The minimum atomic E-state index is -4.67. The number of nitrogens with one attached hydrogen (secondary N) is 1. The van der Waals surface area contributed by atoms with E-state index in [1.165, 1.54) is 5.56 Å². The average molecular weight is 336 g/mol. The molecule has 0 amide bonds. The lowest BCUT2D eigenvalue weighted by molar-refractivity contribution is 0.381. The number of benzene rings is 2. The minimum absolute atomic E-state index is 0.574. The first-order chi connectivity index (χ1) is 10.9. The smallest absolute Gasteiger partial charge is 0.385 e. The Balaban J connectivity index is 0.000000463. The van der Waals surface area contributed by atoms with E-state index < -0.39 is 10.4 Å². The normalized spacial score (nSPS) is 10.1. The molecule has 7 nitrogen and oxygen atoms in total. The lowest BCUT2D eigenvalue weighted by Gasteiger charge is -2.05. The van der Waals surface area contributed by atoms with Crippen LogP contribution in [0.3, 0.4) is 0 Å². The van der Waals surface area contributed by atoms with Crippen molar-refractivity contribution in [3.05, 3.63) is 65.1 Å². The topological polar surface area (TPSA) is 115 Å². The average Bonchev–Trinajstić information content (AvgIpc) is 2.52. The largest absolute Gasteiger partial charge is 0.394 e. The Morgan fingerprint density at radius 2 is 1.57 bits per heavy atom. The van der Waals surface area contributed by atoms with Gasteiger partial charge in [0.25, 0.3) is 0 Å². The molecule has 0 spiro atoms. The van der Waals surface area contributed by atoms with Gasteiger partial charge in [-0.3, -0.25) is 9.11 Å². The van der Waals surface area contributed by atoms with Crippen LogP contribution in [0.1, 0.15) is 12.0 Å².